The summed E-state index contributed by atoms with van der Waals surface area (Å²) in [6.45, 7) is 3.57. The maximum Gasteiger partial charge on any atom is 0.0945 e. The zero-order valence-electron chi connectivity index (χ0n) is 9.76. The highest BCUT2D eigenvalue weighted by Crippen LogP contribution is 2.16. The first-order valence-corrected chi connectivity index (χ1v) is 6.21. The Hall–Kier alpha value is -0.870. The number of aliphatic hydroxyl groups excluding tert-OH is 1. The summed E-state index contributed by atoms with van der Waals surface area (Å²) in [5.74, 6) is 0. The highest BCUT2D eigenvalue weighted by Gasteiger charge is 2.20. The number of piperidine rings is 1. The summed E-state index contributed by atoms with van der Waals surface area (Å²) in [6.07, 6.45) is 10.5. The van der Waals surface area contributed by atoms with Crippen molar-refractivity contribution < 1.29 is 5.11 Å². The Morgan fingerprint density at radius 2 is 2.25 bits per heavy atom. The Kier molecular flexibility index (Phi) is 4.36. The van der Waals surface area contributed by atoms with Crippen molar-refractivity contribution in [3.8, 4) is 0 Å². The average molecular weight is 223 g/mol. The van der Waals surface area contributed by atoms with E-state index in [0.717, 1.165) is 32.5 Å². The second kappa shape index (κ2) is 6.01. The molecule has 0 saturated carbocycles. The van der Waals surface area contributed by atoms with Crippen LogP contribution in [0.25, 0.3) is 0 Å². The van der Waals surface area contributed by atoms with E-state index < -0.39 is 0 Å². The molecular formula is C12H21N3O. The molecule has 0 bridgehead atoms. The van der Waals surface area contributed by atoms with Gasteiger partial charge in [-0.3, -0.25) is 4.90 Å². The van der Waals surface area contributed by atoms with Crippen LogP contribution in [0.15, 0.2) is 18.7 Å². The Bertz CT molecular complexity index is 286. The normalized spacial score (nSPS) is 22.4. The molecule has 4 heteroatoms. The minimum absolute atomic E-state index is 0.311. The van der Waals surface area contributed by atoms with E-state index in [1.165, 1.54) is 12.8 Å². The van der Waals surface area contributed by atoms with E-state index in [-0.39, 0.29) is 0 Å². The number of nitrogens with zero attached hydrogens (tertiary/aromatic N) is 3. The summed E-state index contributed by atoms with van der Waals surface area (Å²) in [4.78, 5) is 6.46. The van der Waals surface area contributed by atoms with Crippen LogP contribution in [0.2, 0.25) is 0 Å². The molecule has 1 aromatic heterocycles. The zero-order chi connectivity index (χ0) is 11.2. The van der Waals surface area contributed by atoms with Crippen molar-refractivity contribution in [2.75, 3.05) is 19.7 Å². The van der Waals surface area contributed by atoms with E-state index in [2.05, 4.69) is 14.5 Å². The van der Waals surface area contributed by atoms with Gasteiger partial charge in [0, 0.05) is 31.5 Å². The Balaban J connectivity index is 1.71. The molecule has 0 spiro atoms. The van der Waals surface area contributed by atoms with Gasteiger partial charge in [-0.15, -0.1) is 0 Å². The van der Waals surface area contributed by atoms with Gasteiger partial charge in [-0.2, -0.15) is 0 Å². The van der Waals surface area contributed by atoms with Crippen molar-refractivity contribution >= 4 is 0 Å². The van der Waals surface area contributed by atoms with Crippen LogP contribution in [-0.4, -0.2) is 45.3 Å². The molecule has 90 valence electrons. The van der Waals surface area contributed by atoms with Crippen LogP contribution in [0.4, 0.5) is 0 Å². The maximum atomic E-state index is 9.29. The Morgan fingerprint density at radius 1 is 1.31 bits per heavy atom. The van der Waals surface area contributed by atoms with Gasteiger partial charge in [0.05, 0.1) is 12.9 Å². The molecule has 1 saturated heterocycles. The molecule has 4 nitrogen and oxygen atoms in total. The van der Waals surface area contributed by atoms with Gasteiger partial charge in [0.15, 0.2) is 0 Å². The highest BCUT2D eigenvalue weighted by atomic mass is 16.3. The Labute approximate surface area is 96.9 Å². The lowest BCUT2D eigenvalue weighted by Crippen LogP contribution is -2.42. The van der Waals surface area contributed by atoms with Crippen LogP contribution < -0.4 is 0 Å². The molecule has 1 fully saturated rings. The fraction of sp³-hybridized carbons (Fsp3) is 0.750. The quantitative estimate of drug-likeness (QED) is 0.813. The van der Waals surface area contributed by atoms with Crippen molar-refractivity contribution in [2.45, 2.75) is 38.3 Å². The third-order valence-electron chi connectivity index (χ3n) is 3.38. The topological polar surface area (TPSA) is 41.3 Å². The van der Waals surface area contributed by atoms with Crippen molar-refractivity contribution in [3.05, 3.63) is 18.7 Å². The van der Waals surface area contributed by atoms with Crippen LogP contribution in [0.3, 0.4) is 0 Å². The summed E-state index contributed by atoms with van der Waals surface area (Å²) in [5.41, 5.74) is 0. The molecule has 1 aromatic rings. The van der Waals surface area contributed by atoms with Crippen LogP contribution in [0, 0.1) is 0 Å². The van der Waals surface area contributed by atoms with Crippen LogP contribution in [0.5, 0.6) is 0 Å². The summed E-state index contributed by atoms with van der Waals surface area (Å²) in [7, 11) is 0. The zero-order valence-corrected chi connectivity index (χ0v) is 9.76. The standard InChI is InChI=1S/C12H21N3O/c16-10-12-4-1-2-7-15(12)8-3-6-14-9-5-13-11-14/h5,9,11-12,16H,1-4,6-8,10H2/t12-/m1/s1. The summed E-state index contributed by atoms with van der Waals surface area (Å²) >= 11 is 0. The maximum absolute atomic E-state index is 9.29. The van der Waals surface area contributed by atoms with Crippen LogP contribution in [-0.2, 0) is 6.54 Å². The van der Waals surface area contributed by atoms with Gasteiger partial charge < -0.3 is 9.67 Å². The first-order valence-electron chi connectivity index (χ1n) is 6.21. The minimum Gasteiger partial charge on any atom is -0.395 e. The number of hydrogen-bond acceptors (Lipinski definition) is 3. The molecule has 0 aliphatic carbocycles. The van der Waals surface area contributed by atoms with Gasteiger partial charge in [0.2, 0.25) is 0 Å². The van der Waals surface area contributed by atoms with Gasteiger partial charge in [0.1, 0.15) is 0 Å². The summed E-state index contributed by atoms with van der Waals surface area (Å²) in [6, 6.07) is 0.400. The molecule has 16 heavy (non-hydrogen) atoms. The number of aryl methyl sites for hydroxylation is 1. The van der Waals surface area contributed by atoms with Crippen LogP contribution >= 0.6 is 0 Å². The lowest BCUT2D eigenvalue weighted by atomic mass is 10.0. The van der Waals surface area contributed by atoms with Gasteiger partial charge in [-0.25, -0.2) is 4.98 Å². The minimum atomic E-state index is 0.311. The molecule has 1 N–H and O–H groups in total. The predicted octanol–water partition coefficient (Wildman–Crippen LogP) is 1.12. The molecule has 2 heterocycles. The van der Waals surface area contributed by atoms with E-state index in [1.54, 1.807) is 0 Å². The fourth-order valence-corrected chi connectivity index (χ4v) is 2.44. The van der Waals surface area contributed by atoms with E-state index >= 15 is 0 Å². The third-order valence-corrected chi connectivity index (χ3v) is 3.38. The number of rotatable bonds is 5. The van der Waals surface area contributed by atoms with E-state index in [9.17, 15) is 5.11 Å². The molecule has 1 aliphatic rings. The van der Waals surface area contributed by atoms with E-state index in [0.29, 0.717) is 12.6 Å². The van der Waals surface area contributed by atoms with Gasteiger partial charge in [-0.1, -0.05) is 6.42 Å². The molecule has 2 rings (SSSR count). The lowest BCUT2D eigenvalue weighted by molar-refractivity contribution is 0.0882. The molecule has 0 aromatic carbocycles. The number of aromatic nitrogens is 2. The average Bonchev–Trinajstić information content (AvgIpc) is 2.83. The predicted molar refractivity (Wildman–Crippen MR) is 63.1 cm³/mol. The van der Waals surface area contributed by atoms with Gasteiger partial charge >= 0.3 is 0 Å². The number of aliphatic hydroxyl groups is 1. The number of likely N-dealkylation sites (tertiary alicyclic amines) is 1. The monoisotopic (exact) mass is 223 g/mol. The summed E-state index contributed by atoms with van der Waals surface area (Å²) < 4.78 is 2.11. The molecule has 1 aliphatic heterocycles. The second-order valence-electron chi connectivity index (χ2n) is 4.52. The fourth-order valence-electron chi connectivity index (χ4n) is 2.44. The lowest BCUT2D eigenvalue weighted by Gasteiger charge is -2.34. The number of imidazole rings is 1. The second-order valence-corrected chi connectivity index (χ2v) is 4.52. The van der Waals surface area contributed by atoms with E-state index in [4.69, 9.17) is 0 Å². The first kappa shape index (κ1) is 11.6. The molecular weight excluding hydrogens is 202 g/mol. The Morgan fingerprint density at radius 3 is 3.00 bits per heavy atom. The molecule has 0 radical (unpaired) electrons. The number of hydrogen-bond donors (Lipinski definition) is 1. The highest BCUT2D eigenvalue weighted by molar-refractivity contribution is 4.77. The van der Waals surface area contributed by atoms with Gasteiger partial charge in [0.25, 0.3) is 0 Å². The largest absolute Gasteiger partial charge is 0.395 e. The molecule has 0 amide bonds. The first-order chi connectivity index (χ1) is 7.90. The van der Waals surface area contributed by atoms with Crippen molar-refractivity contribution in [1.29, 1.82) is 0 Å². The molecule has 0 unspecified atom stereocenters. The van der Waals surface area contributed by atoms with Gasteiger partial charge in [-0.05, 0) is 25.8 Å². The SMILES string of the molecule is OC[C@H]1CCCCN1CCCn1ccnc1. The summed E-state index contributed by atoms with van der Waals surface area (Å²) in [5, 5.41) is 9.29. The third kappa shape index (κ3) is 3.06. The van der Waals surface area contributed by atoms with Crippen LogP contribution in [0.1, 0.15) is 25.7 Å². The van der Waals surface area contributed by atoms with E-state index in [1.807, 2.05) is 18.7 Å². The van der Waals surface area contributed by atoms with Crippen molar-refractivity contribution in [3.63, 3.8) is 0 Å². The van der Waals surface area contributed by atoms with Crippen molar-refractivity contribution in [2.24, 2.45) is 0 Å². The van der Waals surface area contributed by atoms with Crippen molar-refractivity contribution in [1.82, 2.24) is 14.5 Å². The smallest absolute Gasteiger partial charge is 0.0945 e. The molecule has 1 atom stereocenters.